The molecule has 3 rings (SSSR count). The first-order valence-corrected chi connectivity index (χ1v) is 9.25. The normalized spacial score (nSPS) is 23.9. The molecule has 4 heteroatoms. The number of carbonyl (C=O) groups is 1. The van der Waals surface area contributed by atoms with E-state index in [1.54, 1.807) is 0 Å². The zero-order valence-electron chi connectivity index (χ0n) is 14.0. The number of amides is 1. The van der Waals surface area contributed by atoms with Crippen molar-refractivity contribution in [2.45, 2.75) is 39.2 Å². The Hall–Kier alpha value is -1.06. The Labute approximate surface area is 144 Å². The number of piperidine rings is 2. The van der Waals surface area contributed by atoms with Crippen molar-refractivity contribution in [3.63, 3.8) is 0 Å². The van der Waals surface area contributed by atoms with Crippen LogP contribution in [0.3, 0.4) is 0 Å². The van der Waals surface area contributed by atoms with E-state index >= 15 is 0 Å². The third-order valence-corrected chi connectivity index (χ3v) is 5.48. The molecule has 0 saturated carbocycles. The first-order valence-electron chi connectivity index (χ1n) is 8.87. The van der Waals surface area contributed by atoms with Gasteiger partial charge in [0.1, 0.15) is 0 Å². The van der Waals surface area contributed by atoms with Gasteiger partial charge in [0.25, 0.3) is 0 Å². The fraction of sp³-hybridized carbons (Fsp3) is 0.632. The number of hydrogen-bond donors (Lipinski definition) is 0. The molecule has 1 atom stereocenters. The minimum Gasteiger partial charge on any atom is -0.342 e. The van der Waals surface area contributed by atoms with Crippen LogP contribution in [0.25, 0.3) is 0 Å². The summed E-state index contributed by atoms with van der Waals surface area (Å²) < 4.78 is 0. The van der Waals surface area contributed by atoms with Gasteiger partial charge in [0.15, 0.2) is 0 Å². The molecule has 0 N–H and O–H groups in total. The third kappa shape index (κ3) is 4.48. The summed E-state index contributed by atoms with van der Waals surface area (Å²) in [6.07, 6.45) is 4.43. The summed E-state index contributed by atoms with van der Waals surface area (Å²) in [7, 11) is 0. The summed E-state index contributed by atoms with van der Waals surface area (Å²) in [5, 5.41) is 0.786. The quantitative estimate of drug-likeness (QED) is 0.839. The molecule has 1 aromatic rings. The second-order valence-electron chi connectivity index (χ2n) is 7.21. The summed E-state index contributed by atoms with van der Waals surface area (Å²) in [6, 6.07) is 8.08. The molecular weight excluding hydrogens is 308 g/mol. The lowest BCUT2D eigenvalue weighted by Crippen LogP contribution is -2.45. The molecule has 3 nitrogen and oxygen atoms in total. The first-order chi connectivity index (χ1) is 11.1. The second-order valence-corrected chi connectivity index (χ2v) is 7.64. The highest BCUT2D eigenvalue weighted by Crippen LogP contribution is 2.24. The van der Waals surface area contributed by atoms with Crippen molar-refractivity contribution < 1.29 is 4.79 Å². The monoisotopic (exact) mass is 334 g/mol. The van der Waals surface area contributed by atoms with Crippen molar-refractivity contribution in [1.29, 1.82) is 0 Å². The third-order valence-electron chi connectivity index (χ3n) is 5.22. The highest BCUT2D eigenvalue weighted by Gasteiger charge is 2.30. The van der Waals surface area contributed by atoms with Gasteiger partial charge in [0.2, 0.25) is 5.91 Å². The van der Waals surface area contributed by atoms with E-state index in [1.165, 1.54) is 18.4 Å². The van der Waals surface area contributed by atoms with Crippen LogP contribution in [0.5, 0.6) is 0 Å². The molecule has 2 aliphatic rings. The smallest absolute Gasteiger partial charge is 0.225 e. The molecule has 0 spiro atoms. The van der Waals surface area contributed by atoms with Gasteiger partial charge in [0.05, 0.1) is 0 Å². The average Bonchev–Trinajstić information content (AvgIpc) is 2.57. The van der Waals surface area contributed by atoms with E-state index in [0.717, 1.165) is 50.6 Å². The van der Waals surface area contributed by atoms with Crippen molar-refractivity contribution in [3.8, 4) is 0 Å². The zero-order chi connectivity index (χ0) is 16.2. The number of halogens is 1. The summed E-state index contributed by atoms with van der Waals surface area (Å²) in [4.78, 5) is 17.3. The van der Waals surface area contributed by atoms with Crippen molar-refractivity contribution in [1.82, 2.24) is 9.80 Å². The lowest BCUT2D eigenvalue weighted by atomic mass is 9.92. The van der Waals surface area contributed by atoms with Crippen LogP contribution >= 0.6 is 11.6 Å². The lowest BCUT2D eigenvalue weighted by Gasteiger charge is -2.37. The number of carbonyl (C=O) groups excluding carboxylic acids is 1. The van der Waals surface area contributed by atoms with Gasteiger partial charge in [-0.2, -0.15) is 0 Å². The van der Waals surface area contributed by atoms with E-state index in [2.05, 4.69) is 28.9 Å². The molecule has 0 aromatic heterocycles. The Kier molecular flexibility index (Phi) is 5.60. The highest BCUT2D eigenvalue weighted by atomic mass is 35.5. The maximum atomic E-state index is 12.7. The molecule has 0 aliphatic carbocycles. The Morgan fingerprint density at radius 3 is 2.48 bits per heavy atom. The standard InChI is InChI=1S/C19H27ClN2O/c1-15-3-2-10-22(13-15)19(23)17-8-11-21(12-9-17)14-16-4-6-18(20)7-5-16/h4-7,15,17H,2-3,8-14H2,1H3/t15-/m1/s1. The van der Waals surface area contributed by atoms with Gasteiger partial charge in [0, 0.05) is 30.6 Å². The van der Waals surface area contributed by atoms with Gasteiger partial charge < -0.3 is 4.90 Å². The average molecular weight is 335 g/mol. The van der Waals surface area contributed by atoms with Crippen molar-refractivity contribution >= 4 is 17.5 Å². The summed E-state index contributed by atoms with van der Waals surface area (Å²) >= 11 is 5.94. The van der Waals surface area contributed by atoms with E-state index < -0.39 is 0 Å². The van der Waals surface area contributed by atoms with Crippen molar-refractivity contribution in [2.24, 2.45) is 11.8 Å². The van der Waals surface area contributed by atoms with Crippen LogP contribution in [-0.2, 0) is 11.3 Å². The van der Waals surface area contributed by atoms with Crippen LogP contribution in [0.2, 0.25) is 5.02 Å². The summed E-state index contributed by atoms with van der Waals surface area (Å²) in [5.41, 5.74) is 1.30. The van der Waals surface area contributed by atoms with E-state index in [9.17, 15) is 4.79 Å². The van der Waals surface area contributed by atoms with Crippen LogP contribution in [0.4, 0.5) is 0 Å². The van der Waals surface area contributed by atoms with Gasteiger partial charge in [-0.15, -0.1) is 0 Å². The minimum absolute atomic E-state index is 0.238. The van der Waals surface area contributed by atoms with E-state index in [4.69, 9.17) is 11.6 Å². The molecular formula is C19H27ClN2O. The largest absolute Gasteiger partial charge is 0.342 e. The van der Waals surface area contributed by atoms with Gasteiger partial charge in [-0.3, -0.25) is 9.69 Å². The van der Waals surface area contributed by atoms with Gasteiger partial charge in [-0.25, -0.2) is 0 Å². The number of benzene rings is 1. The molecule has 1 aromatic carbocycles. The number of rotatable bonds is 3. The van der Waals surface area contributed by atoms with E-state index in [0.29, 0.717) is 11.8 Å². The molecule has 0 unspecified atom stereocenters. The molecule has 2 aliphatic heterocycles. The van der Waals surface area contributed by atoms with E-state index in [-0.39, 0.29) is 5.92 Å². The Morgan fingerprint density at radius 1 is 1.13 bits per heavy atom. The molecule has 0 bridgehead atoms. The fourth-order valence-electron chi connectivity index (χ4n) is 3.83. The predicted molar refractivity (Wildman–Crippen MR) is 94.4 cm³/mol. The van der Waals surface area contributed by atoms with Gasteiger partial charge in [-0.05, 0) is 62.4 Å². The van der Waals surface area contributed by atoms with E-state index in [1.807, 2.05) is 12.1 Å². The maximum absolute atomic E-state index is 12.7. The van der Waals surface area contributed by atoms with Crippen molar-refractivity contribution in [2.75, 3.05) is 26.2 Å². The van der Waals surface area contributed by atoms with Crippen LogP contribution in [0.1, 0.15) is 38.2 Å². The van der Waals surface area contributed by atoms with Gasteiger partial charge in [-0.1, -0.05) is 30.7 Å². The van der Waals surface area contributed by atoms with Gasteiger partial charge >= 0.3 is 0 Å². The Balaban J connectivity index is 1.48. The SMILES string of the molecule is C[C@@H]1CCCN(C(=O)C2CCN(Cc3ccc(Cl)cc3)CC2)C1. The predicted octanol–water partition coefficient (Wildman–Crippen LogP) is 3.81. The molecule has 2 saturated heterocycles. The highest BCUT2D eigenvalue weighted by molar-refractivity contribution is 6.30. The molecule has 2 fully saturated rings. The number of hydrogen-bond acceptors (Lipinski definition) is 2. The molecule has 0 radical (unpaired) electrons. The van der Waals surface area contributed by atoms with Crippen LogP contribution in [-0.4, -0.2) is 41.9 Å². The van der Waals surface area contributed by atoms with Crippen LogP contribution < -0.4 is 0 Å². The molecule has 2 heterocycles. The topological polar surface area (TPSA) is 23.6 Å². The first kappa shape index (κ1) is 16.8. The Morgan fingerprint density at radius 2 is 1.83 bits per heavy atom. The Bertz CT molecular complexity index is 523. The zero-order valence-corrected chi connectivity index (χ0v) is 14.8. The minimum atomic E-state index is 0.238. The van der Waals surface area contributed by atoms with Crippen molar-refractivity contribution in [3.05, 3.63) is 34.9 Å². The summed E-state index contributed by atoms with van der Waals surface area (Å²) in [6.45, 7) is 7.18. The number of nitrogens with zero attached hydrogens (tertiary/aromatic N) is 2. The molecule has 1 amide bonds. The lowest BCUT2D eigenvalue weighted by molar-refractivity contribution is -0.138. The van der Waals surface area contributed by atoms with Crippen LogP contribution in [0.15, 0.2) is 24.3 Å². The molecule has 126 valence electrons. The fourth-order valence-corrected chi connectivity index (χ4v) is 3.96. The molecule has 23 heavy (non-hydrogen) atoms. The number of likely N-dealkylation sites (tertiary alicyclic amines) is 2. The second kappa shape index (κ2) is 7.67. The maximum Gasteiger partial charge on any atom is 0.225 e. The summed E-state index contributed by atoms with van der Waals surface area (Å²) in [5.74, 6) is 1.31. The van der Waals surface area contributed by atoms with Crippen LogP contribution in [0, 0.1) is 11.8 Å².